The Morgan fingerprint density at radius 2 is 1.96 bits per heavy atom. The fourth-order valence-corrected chi connectivity index (χ4v) is 2.75. The van der Waals surface area contributed by atoms with Crippen molar-refractivity contribution in [3.8, 4) is 11.6 Å². The summed E-state index contributed by atoms with van der Waals surface area (Å²) in [5, 5.41) is 0.581. The summed E-state index contributed by atoms with van der Waals surface area (Å²) in [5.41, 5.74) is -0.932. The zero-order valence-corrected chi connectivity index (χ0v) is 14.1. The van der Waals surface area contributed by atoms with Gasteiger partial charge in [-0.2, -0.15) is 13.2 Å². The summed E-state index contributed by atoms with van der Waals surface area (Å²) in [4.78, 5) is 16.2. The molecule has 1 aromatic heterocycles. The van der Waals surface area contributed by atoms with Crippen molar-refractivity contribution in [2.24, 2.45) is 0 Å². The van der Waals surface area contributed by atoms with Crippen LogP contribution < -0.4 is 4.74 Å². The Labute approximate surface area is 141 Å². The second-order valence-corrected chi connectivity index (χ2v) is 6.19. The number of para-hydroxylation sites is 1. The molecule has 0 spiro atoms. The lowest BCUT2D eigenvalue weighted by Crippen LogP contribution is -2.08. The summed E-state index contributed by atoms with van der Waals surface area (Å²) in [6, 6.07) is 4.79. The molecule has 0 atom stereocenters. The lowest BCUT2D eigenvalue weighted by molar-refractivity contribution is -0.138. The van der Waals surface area contributed by atoms with Crippen LogP contribution in [0.1, 0.15) is 46.9 Å². The molecule has 1 aromatic carbocycles. The van der Waals surface area contributed by atoms with Crippen molar-refractivity contribution in [1.29, 1.82) is 0 Å². The molecule has 130 valence electrons. The summed E-state index contributed by atoms with van der Waals surface area (Å²) in [5.74, 6) is -1.24. The molecule has 1 heterocycles. The molecule has 24 heavy (non-hydrogen) atoms. The van der Waals surface area contributed by atoms with Gasteiger partial charge < -0.3 is 9.47 Å². The summed E-state index contributed by atoms with van der Waals surface area (Å²) in [6.45, 7) is 5.51. The molecular weight excluding hydrogens is 343 g/mol. The minimum Gasteiger partial charge on any atom is -0.462 e. The van der Waals surface area contributed by atoms with Crippen LogP contribution in [0.5, 0.6) is 11.6 Å². The highest BCUT2D eigenvalue weighted by Crippen LogP contribution is 2.40. The number of hydrogen-bond donors (Lipinski definition) is 0. The van der Waals surface area contributed by atoms with Crippen molar-refractivity contribution < 1.29 is 27.4 Å². The number of carbonyl (C=O) groups excluding carboxylic acids is 1. The molecule has 2 aromatic rings. The fraction of sp³-hybridized carbons (Fsp3) is 0.375. The van der Waals surface area contributed by atoms with Gasteiger partial charge in [-0.05, 0) is 19.1 Å². The van der Waals surface area contributed by atoms with E-state index in [1.54, 1.807) is 6.92 Å². The van der Waals surface area contributed by atoms with Gasteiger partial charge in [0.15, 0.2) is 4.88 Å². The molecule has 0 aliphatic rings. The predicted octanol–water partition coefficient (Wildman–Crippen LogP) is 5.25. The van der Waals surface area contributed by atoms with E-state index < -0.39 is 23.5 Å². The average Bonchev–Trinajstić information content (AvgIpc) is 2.91. The van der Waals surface area contributed by atoms with E-state index in [0.717, 1.165) is 17.4 Å². The number of halogens is 3. The predicted molar refractivity (Wildman–Crippen MR) is 83.7 cm³/mol. The Balaban J connectivity index is 2.45. The first kappa shape index (κ1) is 18.3. The van der Waals surface area contributed by atoms with Crippen LogP contribution in [0.15, 0.2) is 24.3 Å². The maximum atomic E-state index is 13.1. The molecule has 0 N–H and O–H groups in total. The van der Waals surface area contributed by atoms with E-state index in [-0.39, 0.29) is 23.3 Å². The van der Waals surface area contributed by atoms with Gasteiger partial charge in [0.25, 0.3) is 0 Å². The van der Waals surface area contributed by atoms with Crippen molar-refractivity contribution in [3.63, 3.8) is 0 Å². The molecule has 4 nitrogen and oxygen atoms in total. The van der Waals surface area contributed by atoms with Crippen LogP contribution in [-0.4, -0.2) is 17.6 Å². The van der Waals surface area contributed by atoms with E-state index in [1.807, 2.05) is 13.8 Å². The molecule has 0 saturated carbocycles. The highest BCUT2D eigenvalue weighted by molar-refractivity contribution is 7.14. The number of rotatable bonds is 5. The normalized spacial score (nSPS) is 11.6. The lowest BCUT2D eigenvalue weighted by Gasteiger charge is -2.12. The maximum absolute atomic E-state index is 13.1. The van der Waals surface area contributed by atoms with Crippen LogP contribution >= 0.6 is 11.3 Å². The maximum Gasteiger partial charge on any atom is 0.419 e. The number of thiazole rings is 1. The Kier molecular flexibility index (Phi) is 5.48. The third-order valence-electron chi connectivity index (χ3n) is 2.97. The van der Waals surface area contributed by atoms with Gasteiger partial charge in [0.1, 0.15) is 10.8 Å². The largest absolute Gasteiger partial charge is 0.462 e. The zero-order valence-electron chi connectivity index (χ0n) is 13.3. The second-order valence-electron chi connectivity index (χ2n) is 5.16. The van der Waals surface area contributed by atoms with Gasteiger partial charge in [-0.15, -0.1) is 11.3 Å². The molecule has 0 radical (unpaired) electrons. The molecule has 2 rings (SSSR count). The zero-order chi connectivity index (χ0) is 17.9. The van der Waals surface area contributed by atoms with Gasteiger partial charge in [0.2, 0.25) is 5.88 Å². The van der Waals surface area contributed by atoms with Crippen LogP contribution in [0.4, 0.5) is 13.2 Å². The van der Waals surface area contributed by atoms with Gasteiger partial charge in [-0.25, -0.2) is 9.78 Å². The number of carbonyl (C=O) groups is 1. The Bertz CT molecular complexity index is 726. The van der Waals surface area contributed by atoms with Crippen molar-refractivity contribution in [2.75, 3.05) is 6.61 Å². The molecule has 0 aliphatic heterocycles. The second kappa shape index (κ2) is 7.21. The van der Waals surface area contributed by atoms with E-state index in [4.69, 9.17) is 9.47 Å². The number of alkyl halides is 3. The minimum atomic E-state index is -4.57. The molecule has 0 unspecified atom stereocenters. The monoisotopic (exact) mass is 359 g/mol. The van der Waals surface area contributed by atoms with Crippen LogP contribution in [0.2, 0.25) is 0 Å². The number of nitrogens with zero attached hydrogens (tertiary/aromatic N) is 1. The summed E-state index contributed by atoms with van der Waals surface area (Å²) in [7, 11) is 0. The molecule has 0 fully saturated rings. The van der Waals surface area contributed by atoms with Crippen molar-refractivity contribution in [2.45, 2.75) is 32.9 Å². The smallest absolute Gasteiger partial charge is 0.419 e. The van der Waals surface area contributed by atoms with Crippen LogP contribution in [-0.2, 0) is 10.9 Å². The van der Waals surface area contributed by atoms with Gasteiger partial charge in [0, 0.05) is 5.92 Å². The fourth-order valence-electron chi connectivity index (χ4n) is 1.86. The number of hydrogen-bond acceptors (Lipinski definition) is 5. The topological polar surface area (TPSA) is 48.4 Å². The molecule has 0 saturated heterocycles. The van der Waals surface area contributed by atoms with Gasteiger partial charge in [-0.1, -0.05) is 26.0 Å². The van der Waals surface area contributed by atoms with Gasteiger partial charge >= 0.3 is 12.1 Å². The third kappa shape index (κ3) is 4.05. The molecule has 0 amide bonds. The quantitative estimate of drug-likeness (QED) is 0.684. The minimum absolute atomic E-state index is 0.00149. The molecular formula is C16H16F3NO3S. The van der Waals surface area contributed by atoms with E-state index in [9.17, 15) is 18.0 Å². The SMILES string of the molecule is CCOC(=O)c1sc(C(C)C)nc1Oc1ccccc1C(F)(F)F. The van der Waals surface area contributed by atoms with E-state index in [0.29, 0.717) is 5.01 Å². The first-order chi connectivity index (χ1) is 11.2. The first-order valence-corrected chi connectivity index (χ1v) is 8.07. The standard InChI is InChI=1S/C16H16F3NO3S/c1-4-22-15(21)12-13(20-14(24-12)9(2)3)23-11-8-6-5-7-10(11)16(17,18)19/h5-9H,4H2,1-3H3. The summed E-state index contributed by atoms with van der Waals surface area (Å²) in [6.07, 6.45) is -4.57. The van der Waals surface area contributed by atoms with E-state index in [2.05, 4.69) is 4.98 Å². The Morgan fingerprint density at radius 3 is 2.54 bits per heavy atom. The average molecular weight is 359 g/mol. The number of aromatic nitrogens is 1. The first-order valence-electron chi connectivity index (χ1n) is 7.26. The van der Waals surface area contributed by atoms with Crippen molar-refractivity contribution in [1.82, 2.24) is 4.98 Å². The van der Waals surface area contributed by atoms with E-state index in [1.165, 1.54) is 18.2 Å². The summed E-state index contributed by atoms with van der Waals surface area (Å²) < 4.78 is 49.5. The molecule has 8 heteroatoms. The van der Waals surface area contributed by atoms with Crippen LogP contribution in [0.3, 0.4) is 0 Å². The highest BCUT2D eigenvalue weighted by atomic mass is 32.1. The highest BCUT2D eigenvalue weighted by Gasteiger charge is 2.35. The van der Waals surface area contributed by atoms with Crippen LogP contribution in [0.25, 0.3) is 0 Å². The van der Waals surface area contributed by atoms with Crippen molar-refractivity contribution in [3.05, 3.63) is 39.7 Å². The molecule has 0 bridgehead atoms. The Hall–Kier alpha value is -2.09. The van der Waals surface area contributed by atoms with Crippen LogP contribution in [0, 0.1) is 0 Å². The lowest BCUT2D eigenvalue weighted by atomic mass is 10.2. The molecule has 0 aliphatic carbocycles. The Morgan fingerprint density at radius 1 is 1.29 bits per heavy atom. The van der Waals surface area contributed by atoms with Crippen molar-refractivity contribution >= 4 is 17.3 Å². The number of benzene rings is 1. The van der Waals surface area contributed by atoms with Gasteiger partial charge in [-0.3, -0.25) is 0 Å². The number of esters is 1. The number of ether oxygens (including phenoxy) is 2. The van der Waals surface area contributed by atoms with Gasteiger partial charge in [0.05, 0.1) is 12.2 Å². The third-order valence-corrected chi connectivity index (χ3v) is 4.28. The van der Waals surface area contributed by atoms with E-state index >= 15 is 0 Å². The summed E-state index contributed by atoms with van der Waals surface area (Å²) >= 11 is 1.06.